The number of carbonyl (C=O) groups excluding carboxylic acids is 1. The van der Waals surface area contributed by atoms with Crippen LogP contribution in [-0.2, 0) is 11.3 Å². The molecular weight excluding hydrogens is 342 g/mol. The van der Waals surface area contributed by atoms with Crippen molar-refractivity contribution in [1.29, 1.82) is 0 Å². The van der Waals surface area contributed by atoms with Crippen molar-refractivity contribution >= 4 is 11.9 Å². The van der Waals surface area contributed by atoms with Crippen molar-refractivity contribution in [3.05, 3.63) is 42.5 Å². The minimum Gasteiger partial charge on any atom is -0.352 e. The molecule has 0 bridgehead atoms. The predicted octanol–water partition coefficient (Wildman–Crippen LogP) is 1.19. The maximum atomic E-state index is 12.1. The fourth-order valence-electron chi connectivity index (χ4n) is 3.18. The lowest BCUT2D eigenvalue weighted by Crippen LogP contribution is -2.45. The Hall–Kier alpha value is -2.90. The van der Waals surface area contributed by atoms with Gasteiger partial charge in [0.15, 0.2) is 11.8 Å². The Bertz CT molecular complexity index is 784. The van der Waals surface area contributed by atoms with Gasteiger partial charge in [-0.1, -0.05) is 32.0 Å². The number of hydrogen-bond acceptors (Lipinski definition) is 4. The van der Waals surface area contributed by atoms with Crippen LogP contribution in [0.3, 0.4) is 0 Å². The van der Waals surface area contributed by atoms with Gasteiger partial charge in [0.2, 0.25) is 5.91 Å². The molecule has 1 fully saturated rings. The number of amides is 1. The smallest absolute Gasteiger partial charge is 0.225 e. The quantitative estimate of drug-likeness (QED) is 0.611. The fraction of sp³-hybridized carbons (Fsp3) is 0.474. The van der Waals surface area contributed by atoms with E-state index in [0.717, 1.165) is 24.5 Å². The van der Waals surface area contributed by atoms with Gasteiger partial charge >= 0.3 is 0 Å². The second-order valence-corrected chi connectivity index (χ2v) is 6.95. The first kappa shape index (κ1) is 18.9. The highest BCUT2D eigenvalue weighted by atomic mass is 16.2. The van der Waals surface area contributed by atoms with Crippen LogP contribution in [0.5, 0.6) is 0 Å². The predicted molar refractivity (Wildman–Crippen MR) is 105 cm³/mol. The van der Waals surface area contributed by atoms with Crippen molar-refractivity contribution in [1.82, 2.24) is 30.3 Å². The first-order valence-electron chi connectivity index (χ1n) is 9.28. The summed E-state index contributed by atoms with van der Waals surface area (Å²) in [4.78, 5) is 18.3. The van der Waals surface area contributed by atoms with Gasteiger partial charge in [-0.2, -0.15) is 0 Å². The van der Waals surface area contributed by atoms with Gasteiger partial charge in [0.05, 0.1) is 6.54 Å². The molecule has 1 unspecified atom stereocenters. The van der Waals surface area contributed by atoms with Crippen molar-refractivity contribution in [2.24, 2.45) is 10.9 Å². The molecule has 144 valence electrons. The van der Waals surface area contributed by atoms with Crippen LogP contribution in [0.4, 0.5) is 0 Å². The molecule has 1 amide bonds. The second kappa shape index (κ2) is 8.66. The van der Waals surface area contributed by atoms with E-state index in [2.05, 4.69) is 25.8 Å². The molecule has 1 aromatic heterocycles. The summed E-state index contributed by atoms with van der Waals surface area (Å²) in [5.41, 5.74) is 1.01. The topological polar surface area (TPSA) is 87.4 Å². The molecule has 3 rings (SSSR count). The molecule has 1 atom stereocenters. The van der Waals surface area contributed by atoms with Crippen LogP contribution >= 0.6 is 0 Å². The van der Waals surface area contributed by atoms with E-state index in [9.17, 15) is 4.79 Å². The van der Waals surface area contributed by atoms with Crippen LogP contribution in [0.1, 0.15) is 26.1 Å². The number of para-hydroxylation sites is 1. The molecule has 1 aliphatic rings. The number of nitrogens with zero attached hydrogens (tertiary/aromatic N) is 5. The molecule has 8 heteroatoms. The van der Waals surface area contributed by atoms with E-state index < -0.39 is 0 Å². The number of carbonyl (C=O) groups is 1. The molecule has 2 N–H and O–H groups in total. The summed E-state index contributed by atoms with van der Waals surface area (Å²) < 4.78 is 1.94. The molecule has 1 aromatic carbocycles. The van der Waals surface area contributed by atoms with Gasteiger partial charge in [-0.3, -0.25) is 14.4 Å². The van der Waals surface area contributed by atoms with Crippen molar-refractivity contribution < 1.29 is 4.79 Å². The van der Waals surface area contributed by atoms with Crippen LogP contribution < -0.4 is 10.6 Å². The Morgan fingerprint density at radius 3 is 2.81 bits per heavy atom. The zero-order valence-corrected chi connectivity index (χ0v) is 16.1. The van der Waals surface area contributed by atoms with E-state index in [-0.39, 0.29) is 17.9 Å². The zero-order valence-electron chi connectivity index (χ0n) is 16.1. The highest BCUT2D eigenvalue weighted by Gasteiger charge is 2.28. The Morgan fingerprint density at radius 1 is 1.33 bits per heavy atom. The maximum Gasteiger partial charge on any atom is 0.225 e. The van der Waals surface area contributed by atoms with E-state index >= 15 is 0 Å². The SMILES string of the molecule is CN=C(NCc1nncn1-c1ccccc1)NC1CCN(C(=O)C(C)C)C1. The van der Waals surface area contributed by atoms with Crippen molar-refractivity contribution in [3.63, 3.8) is 0 Å². The highest BCUT2D eigenvalue weighted by Crippen LogP contribution is 2.13. The van der Waals surface area contributed by atoms with E-state index in [4.69, 9.17) is 0 Å². The molecule has 27 heavy (non-hydrogen) atoms. The third-order valence-corrected chi connectivity index (χ3v) is 4.62. The van der Waals surface area contributed by atoms with Crippen LogP contribution in [0, 0.1) is 5.92 Å². The molecule has 1 saturated heterocycles. The van der Waals surface area contributed by atoms with Gasteiger partial charge in [0.25, 0.3) is 0 Å². The summed E-state index contributed by atoms with van der Waals surface area (Å²) in [5, 5.41) is 14.9. The summed E-state index contributed by atoms with van der Waals surface area (Å²) >= 11 is 0. The molecule has 0 saturated carbocycles. The van der Waals surface area contributed by atoms with Crippen LogP contribution in [0.15, 0.2) is 41.7 Å². The average Bonchev–Trinajstić information content (AvgIpc) is 3.34. The second-order valence-electron chi connectivity index (χ2n) is 6.95. The van der Waals surface area contributed by atoms with Gasteiger partial charge in [-0.25, -0.2) is 0 Å². The molecule has 2 aromatic rings. The van der Waals surface area contributed by atoms with E-state index in [1.54, 1.807) is 13.4 Å². The normalized spacial score (nSPS) is 17.4. The number of aromatic nitrogens is 3. The molecule has 1 aliphatic heterocycles. The summed E-state index contributed by atoms with van der Waals surface area (Å²) in [6, 6.07) is 10.2. The Kier molecular flexibility index (Phi) is 6.05. The highest BCUT2D eigenvalue weighted by molar-refractivity contribution is 5.81. The number of rotatable bonds is 5. The first-order chi connectivity index (χ1) is 13.1. The summed E-state index contributed by atoms with van der Waals surface area (Å²) in [5.74, 6) is 1.73. The van der Waals surface area contributed by atoms with Gasteiger partial charge in [0.1, 0.15) is 6.33 Å². The number of guanidine groups is 1. The number of benzene rings is 1. The van der Waals surface area contributed by atoms with Crippen LogP contribution in [0.25, 0.3) is 5.69 Å². The third kappa shape index (κ3) is 4.64. The lowest BCUT2D eigenvalue weighted by molar-refractivity contribution is -0.133. The van der Waals surface area contributed by atoms with Crippen molar-refractivity contribution in [2.75, 3.05) is 20.1 Å². The van der Waals surface area contributed by atoms with Crippen LogP contribution in [0.2, 0.25) is 0 Å². The molecule has 2 heterocycles. The summed E-state index contributed by atoms with van der Waals surface area (Å²) in [6.45, 7) is 5.86. The lowest BCUT2D eigenvalue weighted by Gasteiger charge is -2.20. The Balaban J connectivity index is 1.55. The fourth-order valence-corrected chi connectivity index (χ4v) is 3.18. The van der Waals surface area contributed by atoms with E-state index in [0.29, 0.717) is 19.0 Å². The number of aliphatic imine (C=N–C) groups is 1. The molecule has 0 aliphatic carbocycles. The molecular formula is C19H27N7O. The molecule has 8 nitrogen and oxygen atoms in total. The van der Waals surface area contributed by atoms with Gasteiger partial charge in [-0.15, -0.1) is 10.2 Å². The van der Waals surface area contributed by atoms with Crippen LogP contribution in [-0.4, -0.2) is 57.7 Å². The first-order valence-corrected chi connectivity index (χ1v) is 9.28. The average molecular weight is 369 g/mol. The summed E-state index contributed by atoms with van der Waals surface area (Å²) in [7, 11) is 1.74. The minimum absolute atomic E-state index is 0.0329. The van der Waals surface area contributed by atoms with Crippen molar-refractivity contribution in [3.8, 4) is 5.69 Å². The van der Waals surface area contributed by atoms with Gasteiger partial charge in [-0.05, 0) is 18.6 Å². The standard InChI is InChI=1S/C19H27N7O/c1-14(2)18(27)25-10-9-15(12-25)23-19(20-3)21-11-17-24-22-13-26(17)16-7-5-4-6-8-16/h4-8,13-15H,9-12H2,1-3H3,(H2,20,21,23). The number of hydrogen-bond donors (Lipinski definition) is 2. The third-order valence-electron chi connectivity index (χ3n) is 4.62. The number of nitrogens with one attached hydrogen (secondary N) is 2. The zero-order chi connectivity index (χ0) is 19.2. The minimum atomic E-state index is 0.0329. The Morgan fingerprint density at radius 2 is 2.11 bits per heavy atom. The largest absolute Gasteiger partial charge is 0.352 e. The van der Waals surface area contributed by atoms with E-state index in [1.807, 2.05) is 53.6 Å². The van der Waals surface area contributed by atoms with Gasteiger partial charge in [0, 0.05) is 37.8 Å². The Labute approximate surface area is 159 Å². The van der Waals surface area contributed by atoms with Crippen molar-refractivity contribution in [2.45, 2.75) is 32.9 Å². The monoisotopic (exact) mass is 369 g/mol. The maximum absolute atomic E-state index is 12.1. The van der Waals surface area contributed by atoms with Gasteiger partial charge < -0.3 is 15.5 Å². The molecule has 0 spiro atoms. The summed E-state index contributed by atoms with van der Waals surface area (Å²) in [6.07, 6.45) is 2.62. The lowest BCUT2D eigenvalue weighted by atomic mass is 10.2. The molecule has 0 radical (unpaired) electrons. The number of likely N-dealkylation sites (tertiary alicyclic amines) is 1. The van der Waals surface area contributed by atoms with E-state index in [1.165, 1.54) is 0 Å².